The number of hydrogen-bond acceptors (Lipinski definition) is 5. The van der Waals surface area contributed by atoms with Crippen molar-refractivity contribution in [2.24, 2.45) is 5.92 Å². The lowest BCUT2D eigenvalue weighted by Gasteiger charge is -2.33. The molecule has 104 valence electrons. The standard InChI is InChI=1S/C15H19N5/c16-14-7-6-13(18-19-14)10-12-4-3-9-20(11-12)15-5-1-2-8-17-15/h1-2,5-8,12H,3-4,9-11H2,(H2,16,19)/t12-/m0/s1. The highest BCUT2D eigenvalue weighted by Gasteiger charge is 2.21. The smallest absolute Gasteiger partial charge is 0.146 e. The molecule has 2 aromatic heterocycles. The van der Waals surface area contributed by atoms with E-state index < -0.39 is 0 Å². The number of pyridine rings is 1. The molecule has 0 unspecified atom stereocenters. The van der Waals surface area contributed by atoms with Crippen molar-refractivity contribution in [3.8, 4) is 0 Å². The molecule has 1 fully saturated rings. The van der Waals surface area contributed by atoms with Crippen molar-refractivity contribution in [2.75, 3.05) is 23.7 Å². The average Bonchev–Trinajstić information content (AvgIpc) is 2.51. The van der Waals surface area contributed by atoms with Crippen LogP contribution in [0.4, 0.5) is 11.6 Å². The maximum Gasteiger partial charge on any atom is 0.146 e. The zero-order chi connectivity index (χ0) is 13.8. The van der Waals surface area contributed by atoms with Crippen LogP contribution in [0.5, 0.6) is 0 Å². The molecule has 1 atom stereocenters. The molecule has 0 bridgehead atoms. The summed E-state index contributed by atoms with van der Waals surface area (Å²) >= 11 is 0. The lowest BCUT2D eigenvalue weighted by molar-refractivity contribution is 0.407. The number of piperidine rings is 1. The predicted molar refractivity (Wildman–Crippen MR) is 79.3 cm³/mol. The molecule has 3 heterocycles. The molecule has 1 saturated heterocycles. The highest BCUT2D eigenvalue weighted by Crippen LogP contribution is 2.23. The highest BCUT2D eigenvalue weighted by molar-refractivity contribution is 5.38. The number of nitrogens with zero attached hydrogens (tertiary/aromatic N) is 4. The van der Waals surface area contributed by atoms with E-state index in [0.29, 0.717) is 11.7 Å². The third-order valence-electron chi connectivity index (χ3n) is 3.73. The molecule has 1 aliphatic heterocycles. The van der Waals surface area contributed by atoms with E-state index in [2.05, 4.69) is 26.1 Å². The first-order valence-corrected chi connectivity index (χ1v) is 7.05. The van der Waals surface area contributed by atoms with Gasteiger partial charge >= 0.3 is 0 Å². The monoisotopic (exact) mass is 269 g/mol. The fourth-order valence-corrected chi connectivity index (χ4v) is 2.76. The van der Waals surface area contributed by atoms with Crippen LogP contribution in [0.25, 0.3) is 0 Å². The Bertz CT molecular complexity index is 540. The van der Waals surface area contributed by atoms with Gasteiger partial charge in [-0.05, 0) is 49.4 Å². The summed E-state index contributed by atoms with van der Waals surface area (Å²) in [7, 11) is 0. The quantitative estimate of drug-likeness (QED) is 0.922. The molecule has 20 heavy (non-hydrogen) atoms. The first-order valence-electron chi connectivity index (χ1n) is 7.05. The molecule has 5 nitrogen and oxygen atoms in total. The van der Waals surface area contributed by atoms with Gasteiger partial charge in [0, 0.05) is 19.3 Å². The molecule has 1 aliphatic rings. The van der Waals surface area contributed by atoms with Crippen molar-refractivity contribution in [1.82, 2.24) is 15.2 Å². The summed E-state index contributed by atoms with van der Waals surface area (Å²) in [6.07, 6.45) is 5.24. The minimum atomic E-state index is 0.479. The van der Waals surface area contributed by atoms with Gasteiger partial charge in [0.1, 0.15) is 11.6 Å². The predicted octanol–water partition coefficient (Wildman–Crippen LogP) is 1.91. The molecule has 0 spiro atoms. The first kappa shape index (κ1) is 12.8. The maximum atomic E-state index is 5.57. The Morgan fingerprint density at radius 1 is 1.20 bits per heavy atom. The highest BCUT2D eigenvalue weighted by atomic mass is 15.2. The molecule has 2 N–H and O–H groups in total. The van der Waals surface area contributed by atoms with Crippen molar-refractivity contribution in [2.45, 2.75) is 19.3 Å². The van der Waals surface area contributed by atoms with Crippen LogP contribution in [0.3, 0.4) is 0 Å². The minimum absolute atomic E-state index is 0.479. The summed E-state index contributed by atoms with van der Waals surface area (Å²) in [4.78, 5) is 6.80. The van der Waals surface area contributed by atoms with Gasteiger partial charge in [-0.2, -0.15) is 5.10 Å². The molecule has 0 saturated carbocycles. The van der Waals surface area contributed by atoms with Crippen molar-refractivity contribution in [1.29, 1.82) is 0 Å². The van der Waals surface area contributed by atoms with Crippen LogP contribution in [0.2, 0.25) is 0 Å². The number of nitrogens with two attached hydrogens (primary N) is 1. The zero-order valence-electron chi connectivity index (χ0n) is 11.4. The molecule has 0 aromatic carbocycles. The van der Waals surface area contributed by atoms with Gasteiger partial charge in [-0.25, -0.2) is 4.98 Å². The molecular weight excluding hydrogens is 250 g/mol. The van der Waals surface area contributed by atoms with Crippen LogP contribution in [-0.2, 0) is 6.42 Å². The normalized spacial score (nSPS) is 19.0. The summed E-state index contributed by atoms with van der Waals surface area (Å²) < 4.78 is 0. The van der Waals surface area contributed by atoms with Gasteiger partial charge in [-0.1, -0.05) is 6.07 Å². The van der Waals surface area contributed by atoms with Gasteiger partial charge in [-0.3, -0.25) is 0 Å². The molecular formula is C15H19N5. The van der Waals surface area contributed by atoms with Crippen molar-refractivity contribution in [3.63, 3.8) is 0 Å². The second kappa shape index (κ2) is 5.86. The molecule has 5 heteroatoms. The number of aromatic nitrogens is 3. The van der Waals surface area contributed by atoms with Crippen molar-refractivity contribution >= 4 is 11.6 Å². The Kier molecular flexibility index (Phi) is 3.76. The second-order valence-corrected chi connectivity index (χ2v) is 5.30. The van der Waals surface area contributed by atoms with Gasteiger partial charge in [-0.15, -0.1) is 5.10 Å². The number of rotatable bonds is 3. The van der Waals surface area contributed by atoms with Crippen LogP contribution in [0.15, 0.2) is 36.5 Å². The topological polar surface area (TPSA) is 67.9 Å². The van der Waals surface area contributed by atoms with E-state index in [1.54, 1.807) is 0 Å². The van der Waals surface area contributed by atoms with E-state index in [0.717, 1.165) is 31.0 Å². The third kappa shape index (κ3) is 3.04. The van der Waals surface area contributed by atoms with Crippen LogP contribution >= 0.6 is 0 Å². The molecule has 0 aliphatic carbocycles. The Morgan fingerprint density at radius 2 is 2.15 bits per heavy atom. The Balaban J connectivity index is 1.65. The van der Waals surface area contributed by atoms with Crippen LogP contribution in [0, 0.1) is 5.92 Å². The van der Waals surface area contributed by atoms with E-state index in [9.17, 15) is 0 Å². The maximum absolute atomic E-state index is 5.57. The molecule has 3 rings (SSSR count). The first-order chi connectivity index (χ1) is 9.81. The van der Waals surface area contributed by atoms with E-state index in [1.165, 1.54) is 12.8 Å². The fourth-order valence-electron chi connectivity index (χ4n) is 2.76. The number of hydrogen-bond donors (Lipinski definition) is 1. The van der Waals surface area contributed by atoms with Crippen LogP contribution in [-0.4, -0.2) is 28.3 Å². The number of nitrogen functional groups attached to an aromatic ring is 1. The van der Waals surface area contributed by atoms with Gasteiger partial charge in [0.25, 0.3) is 0 Å². The molecule has 0 radical (unpaired) electrons. The summed E-state index contributed by atoms with van der Waals surface area (Å²) in [5, 5.41) is 8.08. The van der Waals surface area contributed by atoms with E-state index in [4.69, 9.17) is 5.73 Å². The van der Waals surface area contributed by atoms with Crippen molar-refractivity contribution < 1.29 is 0 Å². The zero-order valence-corrected chi connectivity index (χ0v) is 11.4. The summed E-state index contributed by atoms with van der Waals surface area (Å²) in [6.45, 7) is 2.12. The molecule has 0 amide bonds. The summed E-state index contributed by atoms with van der Waals surface area (Å²) in [5.74, 6) is 2.15. The lowest BCUT2D eigenvalue weighted by atomic mass is 9.93. The summed E-state index contributed by atoms with van der Waals surface area (Å²) in [5.41, 5.74) is 6.59. The third-order valence-corrected chi connectivity index (χ3v) is 3.73. The van der Waals surface area contributed by atoms with Crippen molar-refractivity contribution in [3.05, 3.63) is 42.2 Å². The fraction of sp³-hybridized carbons (Fsp3) is 0.400. The van der Waals surface area contributed by atoms with Gasteiger partial charge < -0.3 is 10.6 Å². The lowest BCUT2D eigenvalue weighted by Crippen LogP contribution is -2.36. The Morgan fingerprint density at radius 3 is 2.90 bits per heavy atom. The largest absolute Gasteiger partial charge is 0.382 e. The van der Waals surface area contributed by atoms with Gasteiger partial charge in [0.2, 0.25) is 0 Å². The average molecular weight is 269 g/mol. The molecule has 2 aromatic rings. The Hall–Kier alpha value is -2.17. The second-order valence-electron chi connectivity index (χ2n) is 5.30. The minimum Gasteiger partial charge on any atom is -0.382 e. The van der Waals surface area contributed by atoms with Gasteiger partial charge in [0.05, 0.1) is 5.69 Å². The van der Waals surface area contributed by atoms with Crippen LogP contribution in [0.1, 0.15) is 18.5 Å². The van der Waals surface area contributed by atoms with E-state index in [1.807, 2.05) is 30.5 Å². The SMILES string of the molecule is Nc1ccc(C[C@@H]2CCCN(c3ccccn3)C2)nn1. The van der Waals surface area contributed by atoms with Gasteiger partial charge in [0.15, 0.2) is 0 Å². The number of anilines is 2. The summed E-state index contributed by atoms with van der Waals surface area (Å²) in [6, 6.07) is 9.86. The van der Waals surface area contributed by atoms with E-state index >= 15 is 0 Å². The van der Waals surface area contributed by atoms with Crippen LogP contribution < -0.4 is 10.6 Å². The Labute approximate surface area is 118 Å². The van der Waals surface area contributed by atoms with E-state index in [-0.39, 0.29) is 0 Å².